The number of carbonyl (C=O) groups is 2. The van der Waals surface area contributed by atoms with Crippen LogP contribution in [-0.4, -0.2) is 48.9 Å². The maximum atomic E-state index is 13.5. The number of rotatable bonds is 8. The van der Waals surface area contributed by atoms with Crippen LogP contribution in [0.4, 0.5) is 8.78 Å². The van der Waals surface area contributed by atoms with E-state index in [1.54, 1.807) is 24.3 Å². The van der Waals surface area contributed by atoms with Crippen LogP contribution in [0.25, 0.3) is 0 Å². The third-order valence-electron chi connectivity index (χ3n) is 7.39. The topological polar surface area (TPSA) is 61.4 Å². The van der Waals surface area contributed by atoms with Crippen LogP contribution >= 0.6 is 0 Å². The molecule has 1 saturated carbocycles. The van der Waals surface area contributed by atoms with Crippen molar-refractivity contribution in [3.8, 4) is 0 Å². The van der Waals surface area contributed by atoms with Crippen molar-refractivity contribution >= 4 is 11.8 Å². The molecule has 1 heterocycles. The number of benzene rings is 2. The molecule has 0 aromatic heterocycles. The van der Waals surface area contributed by atoms with Crippen molar-refractivity contribution in [1.29, 1.82) is 0 Å². The summed E-state index contributed by atoms with van der Waals surface area (Å²) in [6, 6.07) is 11.5. The summed E-state index contributed by atoms with van der Waals surface area (Å²) >= 11 is 0. The van der Waals surface area contributed by atoms with E-state index in [-0.39, 0.29) is 41.5 Å². The van der Waals surface area contributed by atoms with E-state index in [0.717, 1.165) is 32.2 Å². The zero-order valence-corrected chi connectivity index (χ0v) is 19.8. The summed E-state index contributed by atoms with van der Waals surface area (Å²) in [6.45, 7) is 3.45. The lowest BCUT2D eigenvalue weighted by atomic mass is 9.89. The average Bonchev–Trinajstić information content (AvgIpc) is 3.42. The van der Waals surface area contributed by atoms with Gasteiger partial charge in [-0.25, -0.2) is 8.78 Å². The van der Waals surface area contributed by atoms with Gasteiger partial charge in [0, 0.05) is 25.0 Å². The van der Waals surface area contributed by atoms with Crippen LogP contribution in [0.5, 0.6) is 0 Å². The number of hydrogen-bond donors (Lipinski definition) is 2. The highest BCUT2D eigenvalue weighted by Crippen LogP contribution is 2.39. The maximum absolute atomic E-state index is 13.5. The Morgan fingerprint density at radius 1 is 0.971 bits per heavy atom. The highest BCUT2D eigenvalue weighted by atomic mass is 19.1. The fourth-order valence-corrected chi connectivity index (χ4v) is 5.60. The molecule has 7 heteroatoms. The second kappa shape index (κ2) is 10.6. The second-order valence-electron chi connectivity index (χ2n) is 9.53. The fourth-order valence-electron chi connectivity index (χ4n) is 5.60. The first-order chi connectivity index (χ1) is 16.4. The molecular formula is C27H33F2N3O2. The number of halogens is 2. The van der Waals surface area contributed by atoms with Crippen LogP contribution in [0.3, 0.4) is 0 Å². The molecule has 182 valence electrons. The zero-order valence-electron chi connectivity index (χ0n) is 19.8. The Bertz CT molecular complexity index is 950. The van der Waals surface area contributed by atoms with Crippen LogP contribution in [-0.2, 0) is 9.59 Å². The fraction of sp³-hybridized carbons (Fsp3) is 0.481. The predicted octanol–water partition coefficient (Wildman–Crippen LogP) is 3.84. The van der Waals surface area contributed by atoms with E-state index >= 15 is 0 Å². The quantitative estimate of drug-likeness (QED) is 0.618. The van der Waals surface area contributed by atoms with Gasteiger partial charge in [-0.3, -0.25) is 9.59 Å². The Labute approximate surface area is 199 Å². The Morgan fingerprint density at radius 2 is 1.56 bits per heavy atom. The molecule has 2 amide bonds. The van der Waals surface area contributed by atoms with E-state index in [4.69, 9.17) is 0 Å². The Morgan fingerprint density at radius 3 is 2.09 bits per heavy atom. The molecule has 1 aliphatic heterocycles. The number of carbonyl (C=O) groups excluding carboxylic acids is 2. The van der Waals surface area contributed by atoms with E-state index < -0.39 is 5.92 Å². The number of hydrogen-bond acceptors (Lipinski definition) is 3. The first kappa shape index (κ1) is 24.3. The Balaban J connectivity index is 1.49. The Kier molecular flexibility index (Phi) is 7.61. The van der Waals surface area contributed by atoms with Crippen LogP contribution in [0, 0.1) is 23.5 Å². The molecule has 5 nitrogen and oxygen atoms in total. The summed E-state index contributed by atoms with van der Waals surface area (Å²) < 4.78 is 27.1. The standard InChI is InChI=1S/C27H33F2N3O2/c1-3-4-24(30-2)27(34)32-15-19-9-14-23(22(19)16-32)31-26(33)25(17-5-10-20(28)11-6-17)18-7-12-21(29)13-8-18/h5-8,10-13,19,22-25,30H,3-4,9,14-16H2,1-2H3,(H,31,33)/t19-,22+,23+,24+/m1/s1. The van der Waals surface area contributed by atoms with Gasteiger partial charge in [0.05, 0.1) is 12.0 Å². The van der Waals surface area contributed by atoms with Gasteiger partial charge >= 0.3 is 0 Å². The van der Waals surface area contributed by atoms with Crippen LogP contribution in [0.2, 0.25) is 0 Å². The van der Waals surface area contributed by atoms with Gasteiger partial charge < -0.3 is 15.5 Å². The van der Waals surface area contributed by atoms with Crippen molar-refractivity contribution < 1.29 is 18.4 Å². The van der Waals surface area contributed by atoms with Gasteiger partial charge in [-0.1, -0.05) is 37.6 Å². The smallest absolute Gasteiger partial charge is 0.239 e. The van der Waals surface area contributed by atoms with Gasteiger partial charge in [0.15, 0.2) is 0 Å². The summed E-state index contributed by atoms with van der Waals surface area (Å²) in [4.78, 5) is 28.4. The summed E-state index contributed by atoms with van der Waals surface area (Å²) in [5.74, 6) is -0.874. The summed E-state index contributed by atoms with van der Waals surface area (Å²) in [6.07, 6.45) is 3.57. The molecule has 0 radical (unpaired) electrons. The SMILES string of the molecule is CCC[C@H](NC)C(=O)N1C[C@H]2CC[C@H](NC(=O)C(c3ccc(F)cc3)c3ccc(F)cc3)[C@H]2C1. The average molecular weight is 470 g/mol. The van der Waals surface area contributed by atoms with E-state index in [2.05, 4.69) is 17.6 Å². The highest BCUT2D eigenvalue weighted by molar-refractivity contribution is 5.87. The van der Waals surface area contributed by atoms with E-state index in [1.165, 1.54) is 24.3 Å². The molecule has 34 heavy (non-hydrogen) atoms. The second-order valence-corrected chi connectivity index (χ2v) is 9.53. The molecule has 0 spiro atoms. The molecule has 0 bridgehead atoms. The van der Waals surface area contributed by atoms with Crippen molar-refractivity contribution in [3.63, 3.8) is 0 Å². The summed E-state index contributed by atoms with van der Waals surface area (Å²) in [5.41, 5.74) is 1.31. The minimum absolute atomic E-state index is 0.0297. The molecule has 2 aromatic rings. The lowest BCUT2D eigenvalue weighted by molar-refractivity contribution is -0.132. The maximum Gasteiger partial charge on any atom is 0.239 e. The number of likely N-dealkylation sites (N-methyl/N-ethyl adjacent to an activating group) is 1. The van der Waals surface area contributed by atoms with Gasteiger partial charge in [0.25, 0.3) is 0 Å². The van der Waals surface area contributed by atoms with Crippen LogP contribution in [0.15, 0.2) is 48.5 Å². The molecule has 1 aliphatic carbocycles. The first-order valence-corrected chi connectivity index (χ1v) is 12.2. The molecule has 2 aliphatic rings. The van der Waals surface area contributed by atoms with Crippen LogP contribution < -0.4 is 10.6 Å². The van der Waals surface area contributed by atoms with Crippen molar-refractivity contribution in [1.82, 2.24) is 15.5 Å². The summed E-state index contributed by atoms with van der Waals surface area (Å²) in [5, 5.41) is 6.36. The number of amides is 2. The van der Waals surface area contributed by atoms with Gasteiger partial charge in [0.2, 0.25) is 11.8 Å². The minimum Gasteiger partial charge on any atom is -0.352 e. The van der Waals surface area contributed by atoms with Crippen molar-refractivity contribution in [3.05, 3.63) is 71.3 Å². The molecule has 2 aromatic carbocycles. The Hall–Kier alpha value is -2.80. The highest BCUT2D eigenvalue weighted by Gasteiger charge is 2.45. The molecule has 2 fully saturated rings. The van der Waals surface area contributed by atoms with Gasteiger partial charge in [0.1, 0.15) is 11.6 Å². The van der Waals surface area contributed by atoms with Crippen LogP contribution in [0.1, 0.15) is 49.7 Å². The molecular weight excluding hydrogens is 436 g/mol. The summed E-state index contributed by atoms with van der Waals surface area (Å²) in [7, 11) is 1.82. The number of nitrogens with one attached hydrogen (secondary N) is 2. The number of fused-ring (bicyclic) bond motifs is 1. The molecule has 1 saturated heterocycles. The monoisotopic (exact) mass is 469 g/mol. The van der Waals surface area contributed by atoms with Gasteiger partial charge in [-0.15, -0.1) is 0 Å². The lowest BCUT2D eigenvalue weighted by Gasteiger charge is -2.26. The van der Waals surface area contributed by atoms with Crippen molar-refractivity contribution in [2.24, 2.45) is 11.8 Å². The predicted molar refractivity (Wildman–Crippen MR) is 127 cm³/mol. The van der Waals surface area contributed by atoms with Crippen molar-refractivity contribution in [2.45, 2.75) is 50.6 Å². The van der Waals surface area contributed by atoms with E-state index in [9.17, 15) is 18.4 Å². The molecule has 2 N–H and O–H groups in total. The largest absolute Gasteiger partial charge is 0.352 e. The normalized spacial score (nSPS) is 22.6. The third kappa shape index (κ3) is 5.14. The zero-order chi connectivity index (χ0) is 24.2. The van der Waals surface area contributed by atoms with E-state index in [1.807, 2.05) is 11.9 Å². The first-order valence-electron chi connectivity index (χ1n) is 12.2. The number of nitrogens with zero attached hydrogens (tertiary/aromatic N) is 1. The van der Waals surface area contributed by atoms with Crippen molar-refractivity contribution in [2.75, 3.05) is 20.1 Å². The van der Waals surface area contributed by atoms with E-state index in [0.29, 0.717) is 23.6 Å². The minimum atomic E-state index is -0.669. The molecule has 4 atom stereocenters. The lowest BCUT2D eigenvalue weighted by Crippen LogP contribution is -2.46. The van der Waals surface area contributed by atoms with Gasteiger partial charge in [-0.2, -0.15) is 0 Å². The molecule has 4 rings (SSSR count). The number of likely N-dealkylation sites (tertiary alicyclic amines) is 1. The third-order valence-corrected chi connectivity index (χ3v) is 7.39. The van der Waals surface area contributed by atoms with Gasteiger partial charge in [-0.05, 0) is 67.6 Å². The molecule has 0 unspecified atom stereocenters.